The third-order valence-corrected chi connectivity index (χ3v) is 4.70. The van der Waals surface area contributed by atoms with Crippen molar-refractivity contribution in [2.24, 2.45) is 0 Å². The maximum Gasteiger partial charge on any atom is 0.338 e. The van der Waals surface area contributed by atoms with Crippen molar-refractivity contribution in [3.63, 3.8) is 0 Å². The molecule has 0 saturated heterocycles. The van der Waals surface area contributed by atoms with Crippen molar-refractivity contribution in [1.82, 2.24) is 0 Å². The van der Waals surface area contributed by atoms with Crippen LogP contribution in [0.5, 0.6) is 0 Å². The molecule has 0 bridgehead atoms. The first-order valence-electron chi connectivity index (χ1n) is 8.64. The first kappa shape index (κ1) is 18.0. The Labute approximate surface area is 141 Å². The maximum absolute atomic E-state index is 12.6. The largest absolute Gasteiger partial charge is 0.465 e. The molecule has 0 atom stereocenters. The minimum atomic E-state index is -0.217. The first-order chi connectivity index (χ1) is 11.1. The standard InChI is InChI=1S/C21H27O2/c1-6-15-16(7-2)18(9-4)20(21(22)23-5)19(17(15)8-3)14-12-10-11-13-14/h10-13H,6-9H2,1-5H3. The molecule has 0 aromatic heterocycles. The van der Waals surface area contributed by atoms with E-state index in [1.165, 1.54) is 23.8 Å². The van der Waals surface area contributed by atoms with Crippen molar-refractivity contribution in [3.05, 3.63) is 65.0 Å². The highest BCUT2D eigenvalue weighted by Crippen LogP contribution is 2.40. The zero-order valence-corrected chi connectivity index (χ0v) is 15.0. The molecule has 123 valence electrons. The summed E-state index contributed by atoms with van der Waals surface area (Å²) in [7, 11) is 1.47. The van der Waals surface area contributed by atoms with Crippen LogP contribution in [0.25, 0.3) is 0 Å². The molecule has 0 amide bonds. The summed E-state index contributed by atoms with van der Waals surface area (Å²) < 4.78 is 5.15. The van der Waals surface area contributed by atoms with Crippen LogP contribution in [0, 0.1) is 31.6 Å². The lowest BCUT2D eigenvalue weighted by atomic mass is 9.78. The molecule has 0 unspecified atom stereocenters. The molecule has 0 heterocycles. The van der Waals surface area contributed by atoms with Crippen molar-refractivity contribution in [1.29, 1.82) is 0 Å². The molecule has 2 heteroatoms. The smallest absolute Gasteiger partial charge is 0.338 e. The predicted octanol–water partition coefficient (Wildman–Crippen LogP) is 4.48. The SMILES string of the molecule is CCc1c(CC)c(CC)c(C(=O)OC)c([C]2[CH][CH][CH][CH]2)c1CC. The molecule has 23 heavy (non-hydrogen) atoms. The van der Waals surface area contributed by atoms with Gasteiger partial charge < -0.3 is 4.74 Å². The summed E-state index contributed by atoms with van der Waals surface area (Å²) in [5.74, 6) is 0.902. The summed E-state index contributed by atoms with van der Waals surface area (Å²) in [6, 6.07) is 0. The number of rotatable bonds is 6. The molecule has 1 aromatic carbocycles. The number of benzene rings is 1. The monoisotopic (exact) mass is 311 g/mol. The van der Waals surface area contributed by atoms with Crippen LogP contribution in [0.15, 0.2) is 0 Å². The third-order valence-electron chi connectivity index (χ3n) is 4.70. The fourth-order valence-corrected chi connectivity index (χ4v) is 3.79. The normalized spacial score (nSPS) is 15.2. The molecule has 1 saturated carbocycles. The fraction of sp³-hybridized carbons (Fsp3) is 0.429. The van der Waals surface area contributed by atoms with Gasteiger partial charge in [-0.25, -0.2) is 4.79 Å². The Morgan fingerprint density at radius 3 is 1.74 bits per heavy atom. The second kappa shape index (κ2) is 7.99. The minimum Gasteiger partial charge on any atom is -0.465 e. The van der Waals surface area contributed by atoms with E-state index in [1.807, 2.05) is 12.8 Å². The van der Waals surface area contributed by atoms with Crippen molar-refractivity contribution in [2.75, 3.05) is 7.11 Å². The molecule has 5 radical (unpaired) electrons. The Morgan fingerprint density at radius 2 is 1.30 bits per heavy atom. The summed E-state index contributed by atoms with van der Waals surface area (Å²) in [6.45, 7) is 8.68. The van der Waals surface area contributed by atoms with Crippen LogP contribution in [0.4, 0.5) is 0 Å². The van der Waals surface area contributed by atoms with Gasteiger partial charge in [0.15, 0.2) is 0 Å². The van der Waals surface area contributed by atoms with Crippen LogP contribution in [-0.2, 0) is 30.4 Å². The first-order valence-corrected chi connectivity index (χ1v) is 8.64. The van der Waals surface area contributed by atoms with Crippen LogP contribution in [-0.4, -0.2) is 13.1 Å². The van der Waals surface area contributed by atoms with E-state index in [0.717, 1.165) is 48.3 Å². The van der Waals surface area contributed by atoms with Gasteiger partial charge in [0.05, 0.1) is 12.7 Å². The zero-order chi connectivity index (χ0) is 17.0. The van der Waals surface area contributed by atoms with Crippen LogP contribution < -0.4 is 0 Å². The lowest BCUT2D eigenvalue weighted by Gasteiger charge is -2.26. The van der Waals surface area contributed by atoms with E-state index in [2.05, 4.69) is 40.5 Å². The number of carbonyl (C=O) groups excluding carboxylic acids is 1. The van der Waals surface area contributed by atoms with E-state index in [4.69, 9.17) is 4.74 Å². The molecule has 2 nitrogen and oxygen atoms in total. The molecular weight excluding hydrogens is 284 g/mol. The van der Waals surface area contributed by atoms with Crippen molar-refractivity contribution in [3.8, 4) is 0 Å². The fourth-order valence-electron chi connectivity index (χ4n) is 3.79. The number of methoxy groups -OCH3 is 1. The van der Waals surface area contributed by atoms with E-state index in [1.54, 1.807) is 0 Å². The number of hydrogen-bond donors (Lipinski definition) is 0. The van der Waals surface area contributed by atoms with Gasteiger partial charge in [-0.1, -0.05) is 27.7 Å². The van der Waals surface area contributed by atoms with Gasteiger partial charge in [0.1, 0.15) is 0 Å². The Balaban J connectivity index is 2.85. The Bertz CT molecular complexity index is 566. The minimum absolute atomic E-state index is 0.217. The Morgan fingerprint density at radius 1 is 0.826 bits per heavy atom. The summed E-state index contributed by atoms with van der Waals surface area (Å²) >= 11 is 0. The van der Waals surface area contributed by atoms with E-state index < -0.39 is 0 Å². The molecule has 1 aromatic rings. The lowest BCUT2D eigenvalue weighted by Crippen LogP contribution is -2.19. The topological polar surface area (TPSA) is 26.3 Å². The van der Waals surface area contributed by atoms with Gasteiger partial charge in [-0.3, -0.25) is 0 Å². The highest BCUT2D eigenvalue weighted by Gasteiger charge is 2.31. The van der Waals surface area contributed by atoms with Crippen molar-refractivity contribution in [2.45, 2.75) is 53.4 Å². The van der Waals surface area contributed by atoms with Crippen LogP contribution in [0.2, 0.25) is 0 Å². The number of ether oxygens (including phenoxy) is 1. The van der Waals surface area contributed by atoms with Gasteiger partial charge in [0, 0.05) is 5.92 Å². The van der Waals surface area contributed by atoms with Crippen molar-refractivity contribution >= 4 is 5.97 Å². The summed E-state index contributed by atoms with van der Waals surface area (Å²) in [5, 5.41) is 0. The van der Waals surface area contributed by atoms with Gasteiger partial charge in [-0.2, -0.15) is 0 Å². The quantitative estimate of drug-likeness (QED) is 0.724. The lowest BCUT2D eigenvalue weighted by molar-refractivity contribution is 0.0598. The third kappa shape index (κ3) is 3.18. The molecular formula is C21H27O2. The molecule has 0 aliphatic heterocycles. The zero-order valence-electron chi connectivity index (χ0n) is 15.0. The summed E-state index contributed by atoms with van der Waals surface area (Å²) in [6.07, 6.45) is 11.9. The molecule has 0 spiro atoms. The van der Waals surface area contributed by atoms with Gasteiger partial charge >= 0.3 is 5.97 Å². The van der Waals surface area contributed by atoms with Crippen LogP contribution >= 0.6 is 0 Å². The van der Waals surface area contributed by atoms with Crippen molar-refractivity contribution < 1.29 is 9.53 Å². The predicted molar refractivity (Wildman–Crippen MR) is 94.8 cm³/mol. The van der Waals surface area contributed by atoms with E-state index in [0.29, 0.717) is 0 Å². The molecule has 1 fully saturated rings. The molecule has 2 rings (SSSR count). The van der Waals surface area contributed by atoms with Crippen LogP contribution in [0.3, 0.4) is 0 Å². The average Bonchev–Trinajstić information content (AvgIpc) is 3.12. The summed E-state index contributed by atoms with van der Waals surface area (Å²) in [5.41, 5.74) is 7.05. The van der Waals surface area contributed by atoms with E-state index in [9.17, 15) is 4.79 Å². The highest BCUT2D eigenvalue weighted by molar-refractivity contribution is 5.95. The molecule has 0 N–H and O–H groups in total. The Hall–Kier alpha value is -1.31. The second-order valence-electron chi connectivity index (χ2n) is 5.74. The van der Waals surface area contributed by atoms with Gasteiger partial charge in [-0.05, 0) is 79.2 Å². The van der Waals surface area contributed by atoms with Gasteiger partial charge in [0.2, 0.25) is 0 Å². The molecule has 1 aliphatic carbocycles. The van der Waals surface area contributed by atoms with E-state index >= 15 is 0 Å². The number of esters is 1. The van der Waals surface area contributed by atoms with Gasteiger partial charge in [-0.15, -0.1) is 0 Å². The maximum atomic E-state index is 12.6. The Kier molecular flexibility index (Phi) is 6.26. The number of carbonyl (C=O) groups is 1. The second-order valence-corrected chi connectivity index (χ2v) is 5.74. The highest BCUT2D eigenvalue weighted by atomic mass is 16.5. The van der Waals surface area contributed by atoms with Gasteiger partial charge in [0.25, 0.3) is 0 Å². The summed E-state index contributed by atoms with van der Waals surface area (Å²) in [4.78, 5) is 12.6. The molecule has 1 aliphatic rings. The van der Waals surface area contributed by atoms with E-state index in [-0.39, 0.29) is 5.97 Å². The van der Waals surface area contributed by atoms with Crippen LogP contribution in [0.1, 0.15) is 65.9 Å². The number of hydrogen-bond acceptors (Lipinski definition) is 2. The average molecular weight is 311 g/mol.